The van der Waals surface area contributed by atoms with E-state index >= 15 is 0 Å². The number of benzene rings is 2. The number of hydrogen-bond acceptors (Lipinski definition) is 6. The molecule has 0 radical (unpaired) electrons. The quantitative estimate of drug-likeness (QED) is 0.413. The van der Waals surface area contributed by atoms with Crippen LogP contribution in [-0.4, -0.2) is 31.0 Å². The molecule has 0 spiro atoms. The summed E-state index contributed by atoms with van der Waals surface area (Å²) in [6, 6.07) is 18.4. The average Bonchev–Trinajstić information content (AvgIpc) is 3.25. The van der Waals surface area contributed by atoms with Crippen molar-refractivity contribution in [3.8, 4) is 17.0 Å². The molecule has 7 heteroatoms. The Morgan fingerprint density at radius 1 is 0.968 bits per heavy atom. The third kappa shape index (κ3) is 3.34. The molecule has 0 atom stereocenters. The van der Waals surface area contributed by atoms with E-state index in [1.807, 2.05) is 42.6 Å². The molecule has 5 aromatic rings. The number of nitrogens with zero attached hydrogens (tertiary/aromatic N) is 4. The van der Waals surface area contributed by atoms with Crippen LogP contribution in [0.15, 0.2) is 67.1 Å². The summed E-state index contributed by atoms with van der Waals surface area (Å²) in [5, 5.41) is 4.38. The summed E-state index contributed by atoms with van der Waals surface area (Å²) < 4.78 is 6.08. The Balaban J connectivity index is 1.38. The van der Waals surface area contributed by atoms with Crippen molar-refractivity contribution < 1.29 is 4.74 Å². The minimum atomic E-state index is 0.217. The van der Waals surface area contributed by atoms with E-state index < -0.39 is 0 Å². The van der Waals surface area contributed by atoms with Gasteiger partial charge in [0.2, 0.25) is 11.8 Å². The van der Waals surface area contributed by atoms with E-state index in [1.165, 1.54) is 6.42 Å². The molecule has 6 rings (SSSR count). The van der Waals surface area contributed by atoms with Crippen LogP contribution in [0.4, 0.5) is 11.6 Å². The van der Waals surface area contributed by atoms with Gasteiger partial charge in [-0.15, -0.1) is 0 Å². The lowest BCUT2D eigenvalue weighted by Crippen LogP contribution is -2.25. The Morgan fingerprint density at radius 3 is 2.71 bits per heavy atom. The summed E-state index contributed by atoms with van der Waals surface area (Å²) in [6.07, 6.45) is 6.99. The molecule has 1 aliphatic rings. The molecule has 31 heavy (non-hydrogen) atoms. The lowest BCUT2D eigenvalue weighted by molar-refractivity contribution is 0.116. The fourth-order valence-electron chi connectivity index (χ4n) is 3.82. The highest BCUT2D eigenvalue weighted by Gasteiger charge is 2.22. The van der Waals surface area contributed by atoms with Gasteiger partial charge < -0.3 is 15.0 Å². The van der Waals surface area contributed by atoms with Crippen LogP contribution in [0.3, 0.4) is 0 Å². The zero-order valence-electron chi connectivity index (χ0n) is 16.7. The predicted molar refractivity (Wildman–Crippen MR) is 120 cm³/mol. The number of anilines is 2. The first kappa shape index (κ1) is 17.8. The Hall–Kier alpha value is -4.00. The summed E-state index contributed by atoms with van der Waals surface area (Å²) in [5.41, 5.74) is 5.40. The van der Waals surface area contributed by atoms with E-state index in [0.29, 0.717) is 17.5 Å². The maximum atomic E-state index is 6.08. The number of nitrogens with one attached hydrogen (secondary N) is 2. The molecule has 7 nitrogen and oxygen atoms in total. The van der Waals surface area contributed by atoms with Gasteiger partial charge >= 0.3 is 0 Å². The SMILES string of the molecule is c1ccc(-c2ccnc3ccc(Nc4nc(OC5CCC5)c5[nH]cnc5n4)cc23)cc1. The van der Waals surface area contributed by atoms with Crippen molar-refractivity contribution in [3.05, 3.63) is 67.1 Å². The van der Waals surface area contributed by atoms with E-state index in [2.05, 4.69) is 48.4 Å². The van der Waals surface area contributed by atoms with Gasteiger partial charge in [0.05, 0.1) is 11.8 Å². The molecule has 0 unspecified atom stereocenters. The van der Waals surface area contributed by atoms with E-state index in [4.69, 9.17) is 4.74 Å². The zero-order valence-corrected chi connectivity index (χ0v) is 16.7. The van der Waals surface area contributed by atoms with Gasteiger partial charge in [-0.3, -0.25) is 4.98 Å². The monoisotopic (exact) mass is 408 g/mol. The van der Waals surface area contributed by atoms with Gasteiger partial charge in [-0.05, 0) is 54.7 Å². The second-order valence-corrected chi connectivity index (χ2v) is 7.71. The minimum Gasteiger partial charge on any atom is -0.473 e. The maximum Gasteiger partial charge on any atom is 0.245 e. The molecule has 2 aromatic carbocycles. The first-order valence-electron chi connectivity index (χ1n) is 10.4. The van der Waals surface area contributed by atoms with Crippen molar-refractivity contribution in [1.82, 2.24) is 24.9 Å². The third-order valence-electron chi connectivity index (χ3n) is 5.67. The number of aromatic nitrogens is 5. The summed E-state index contributed by atoms with van der Waals surface area (Å²) in [5.74, 6) is 1.00. The summed E-state index contributed by atoms with van der Waals surface area (Å²) >= 11 is 0. The van der Waals surface area contributed by atoms with Gasteiger partial charge in [0.1, 0.15) is 11.6 Å². The minimum absolute atomic E-state index is 0.217. The van der Waals surface area contributed by atoms with Crippen LogP contribution < -0.4 is 10.1 Å². The number of hydrogen-bond donors (Lipinski definition) is 2. The van der Waals surface area contributed by atoms with Gasteiger partial charge in [0, 0.05) is 17.3 Å². The molecular weight excluding hydrogens is 388 g/mol. The van der Waals surface area contributed by atoms with Gasteiger partial charge in [0.25, 0.3) is 0 Å². The maximum absolute atomic E-state index is 6.08. The molecule has 0 amide bonds. The van der Waals surface area contributed by atoms with Crippen LogP contribution in [-0.2, 0) is 0 Å². The molecule has 0 bridgehead atoms. The van der Waals surface area contributed by atoms with Crippen LogP contribution in [0.2, 0.25) is 0 Å². The Kier molecular flexibility index (Phi) is 4.23. The van der Waals surface area contributed by atoms with E-state index in [9.17, 15) is 0 Å². The van der Waals surface area contributed by atoms with Crippen LogP contribution in [0.5, 0.6) is 5.88 Å². The second kappa shape index (κ2) is 7.36. The fourth-order valence-corrected chi connectivity index (χ4v) is 3.82. The van der Waals surface area contributed by atoms with Crippen molar-refractivity contribution in [2.24, 2.45) is 0 Å². The number of imidazole rings is 1. The lowest BCUT2D eigenvalue weighted by Gasteiger charge is -2.25. The molecule has 152 valence electrons. The van der Waals surface area contributed by atoms with Gasteiger partial charge in [-0.25, -0.2) is 4.98 Å². The van der Waals surface area contributed by atoms with Crippen LogP contribution >= 0.6 is 0 Å². The fraction of sp³-hybridized carbons (Fsp3) is 0.167. The molecule has 2 N–H and O–H groups in total. The number of fused-ring (bicyclic) bond motifs is 2. The van der Waals surface area contributed by atoms with Gasteiger partial charge in [0.15, 0.2) is 5.65 Å². The highest BCUT2D eigenvalue weighted by atomic mass is 16.5. The molecular formula is C24H20N6O. The third-order valence-corrected chi connectivity index (χ3v) is 5.67. The van der Waals surface area contributed by atoms with Gasteiger partial charge in [-0.2, -0.15) is 9.97 Å². The molecule has 1 saturated carbocycles. The largest absolute Gasteiger partial charge is 0.473 e. The van der Waals surface area contributed by atoms with Crippen LogP contribution in [0.25, 0.3) is 33.2 Å². The van der Waals surface area contributed by atoms with Crippen LogP contribution in [0.1, 0.15) is 19.3 Å². The smallest absolute Gasteiger partial charge is 0.245 e. The summed E-state index contributed by atoms with van der Waals surface area (Å²) in [6.45, 7) is 0. The number of aromatic amines is 1. The van der Waals surface area contributed by atoms with E-state index in [1.54, 1.807) is 6.33 Å². The number of pyridine rings is 1. The van der Waals surface area contributed by atoms with Crippen molar-refractivity contribution in [3.63, 3.8) is 0 Å². The molecule has 1 aliphatic carbocycles. The second-order valence-electron chi connectivity index (χ2n) is 7.71. The lowest BCUT2D eigenvalue weighted by atomic mass is 9.96. The normalized spacial score (nSPS) is 13.9. The first-order valence-corrected chi connectivity index (χ1v) is 10.4. The van der Waals surface area contributed by atoms with Crippen molar-refractivity contribution in [1.29, 1.82) is 0 Å². The van der Waals surface area contributed by atoms with Crippen molar-refractivity contribution in [2.45, 2.75) is 25.4 Å². The molecule has 3 aromatic heterocycles. The summed E-state index contributed by atoms with van der Waals surface area (Å²) in [7, 11) is 0. The topological polar surface area (TPSA) is 88.6 Å². The van der Waals surface area contributed by atoms with Crippen molar-refractivity contribution >= 4 is 33.7 Å². The van der Waals surface area contributed by atoms with Crippen molar-refractivity contribution in [2.75, 3.05) is 5.32 Å². The highest BCUT2D eigenvalue weighted by molar-refractivity contribution is 5.96. The Bertz CT molecular complexity index is 1380. The number of ether oxygens (including phenoxy) is 1. The Morgan fingerprint density at radius 2 is 1.87 bits per heavy atom. The molecule has 0 saturated heterocycles. The first-order chi connectivity index (χ1) is 15.3. The number of rotatable bonds is 5. The zero-order chi connectivity index (χ0) is 20.6. The highest BCUT2D eigenvalue weighted by Crippen LogP contribution is 2.31. The Labute approximate surface area is 178 Å². The standard InChI is InChI=1S/C24H20N6O/c1-2-5-15(6-3-1)18-11-12-25-20-10-9-16(13-19(18)20)28-24-29-22-21(26-14-27-22)23(30-24)31-17-7-4-8-17/h1-3,5-6,9-14,17H,4,7-8H2,(H2,26,27,28,29,30). The van der Waals surface area contributed by atoms with E-state index in [0.717, 1.165) is 46.1 Å². The molecule has 1 fully saturated rings. The van der Waals surface area contributed by atoms with E-state index in [-0.39, 0.29) is 6.10 Å². The predicted octanol–water partition coefficient (Wildman–Crippen LogP) is 5.24. The molecule has 0 aliphatic heterocycles. The van der Waals surface area contributed by atoms with Gasteiger partial charge in [-0.1, -0.05) is 30.3 Å². The van der Waals surface area contributed by atoms with Crippen LogP contribution in [0, 0.1) is 0 Å². The molecule has 3 heterocycles. The summed E-state index contributed by atoms with van der Waals surface area (Å²) in [4.78, 5) is 21.1. The average molecular weight is 408 g/mol. The number of H-pyrrole nitrogens is 1.